The molecule has 2 aliphatic heterocycles. The minimum Gasteiger partial charge on any atom is -0.396 e. The van der Waals surface area contributed by atoms with E-state index in [9.17, 15) is 14.7 Å². The van der Waals surface area contributed by atoms with Crippen LogP contribution in [0.25, 0.3) is 0 Å². The van der Waals surface area contributed by atoms with Crippen LogP contribution in [0, 0.1) is 5.92 Å². The van der Waals surface area contributed by atoms with Gasteiger partial charge in [0.25, 0.3) is 11.5 Å². The zero-order chi connectivity index (χ0) is 32.8. The van der Waals surface area contributed by atoms with Crippen molar-refractivity contribution >= 4 is 34.4 Å². The van der Waals surface area contributed by atoms with E-state index in [4.69, 9.17) is 0 Å². The van der Waals surface area contributed by atoms with E-state index < -0.39 is 0 Å². The van der Waals surface area contributed by atoms with Gasteiger partial charge in [0.2, 0.25) is 0 Å². The van der Waals surface area contributed by atoms with E-state index in [1.807, 2.05) is 36.4 Å². The zero-order valence-electron chi connectivity index (χ0n) is 28.0. The van der Waals surface area contributed by atoms with Crippen LogP contribution in [0.15, 0.2) is 58.8 Å². The number of fused-ring (bicyclic) bond motifs is 3. The van der Waals surface area contributed by atoms with Crippen molar-refractivity contribution in [3.05, 3.63) is 90.8 Å². The Balaban J connectivity index is 1.12. The summed E-state index contributed by atoms with van der Waals surface area (Å²) in [4.78, 5) is 41.0. The van der Waals surface area contributed by atoms with Crippen LogP contribution >= 0.6 is 11.3 Å². The molecule has 7 rings (SSSR count). The molecule has 2 aliphatic carbocycles. The quantitative estimate of drug-likeness (QED) is 0.361. The van der Waals surface area contributed by atoms with Crippen LogP contribution in [0.4, 0.5) is 17.2 Å². The summed E-state index contributed by atoms with van der Waals surface area (Å²) in [5.74, 6) is 0.130. The number of allylic oxidation sites excluding steroid dienone is 3. The lowest BCUT2D eigenvalue weighted by Gasteiger charge is -2.38. The van der Waals surface area contributed by atoms with Gasteiger partial charge in [-0.2, -0.15) is 0 Å². The second-order valence-electron chi connectivity index (χ2n) is 13.8. The highest BCUT2D eigenvalue weighted by molar-refractivity contribution is 7.14. The van der Waals surface area contributed by atoms with Crippen molar-refractivity contribution in [1.29, 1.82) is 0 Å². The first-order valence-electron chi connectivity index (χ1n) is 17.1. The summed E-state index contributed by atoms with van der Waals surface area (Å²) in [5, 5.41) is 14.1. The smallest absolute Gasteiger partial charge is 0.274 e. The molecule has 0 spiro atoms. The molecule has 2 atom stereocenters. The summed E-state index contributed by atoms with van der Waals surface area (Å²) in [7, 11) is 1.75. The van der Waals surface area contributed by atoms with Gasteiger partial charge < -0.3 is 24.8 Å². The van der Waals surface area contributed by atoms with E-state index in [0.717, 1.165) is 72.8 Å². The third-order valence-corrected chi connectivity index (χ3v) is 11.8. The van der Waals surface area contributed by atoms with E-state index in [1.54, 1.807) is 23.0 Å². The molecule has 10 heteroatoms. The molecular formula is C37H46N6O3S. The maximum absolute atomic E-state index is 14.0. The number of aliphatic hydroxyl groups is 1. The molecule has 248 valence electrons. The summed E-state index contributed by atoms with van der Waals surface area (Å²) in [6.45, 7) is 11.0. The number of piperazine rings is 1. The van der Waals surface area contributed by atoms with Crippen LogP contribution in [0.2, 0.25) is 0 Å². The molecule has 0 aromatic carbocycles. The molecule has 1 saturated heterocycles. The Labute approximate surface area is 281 Å². The molecule has 47 heavy (non-hydrogen) atoms. The average Bonchev–Trinajstić information content (AvgIpc) is 3.46. The highest BCUT2D eigenvalue weighted by Crippen LogP contribution is 2.43. The molecule has 5 heterocycles. The molecule has 3 aromatic rings. The first kappa shape index (κ1) is 31.8. The lowest BCUT2D eigenvalue weighted by atomic mass is 9.79. The summed E-state index contributed by atoms with van der Waals surface area (Å²) in [6, 6.07) is 6.42. The summed E-state index contributed by atoms with van der Waals surface area (Å²) >= 11 is 1.68. The first-order valence-corrected chi connectivity index (χ1v) is 17.9. The Morgan fingerprint density at radius 3 is 2.55 bits per heavy atom. The Morgan fingerprint density at radius 1 is 1.04 bits per heavy atom. The highest BCUT2D eigenvalue weighted by atomic mass is 32.1. The van der Waals surface area contributed by atoms with Gasteiger partial charge in [0, 0.05) is 74.4 Å². The molecule has 1 fully saturated rings. The number of pyridine rings is 2. The fourth-order valence-corrected chi connectivity index (χ4v) is 9.23. The third-order valence-electron chi connectivity index (χ3n) is 10.5. The minimum atomic E-state index is -0.322. The fourth-order valence-electron chi connectivity index (χ4n) is 7.84. The van der Waals surface area contributed by atoms with Crippen LogP contribution in [-0.4, -0.2) is 75.7 Å². The van der Waals surface area contributed by atoms with Gasteiger partial charge in [0.1, 0.15) is 11.5 Å². The number of aryl methyl sites for hydroxylation is 2. The number of carbonyl (C=O) groups excluding carboxylic acids is 1. The molecule has 4 aliphatic rings. The predicted molar refractivity (Wildman–Crippen MR) is 189 cm³/mol. The third kappa shape index (κ3) is 6.07. The van der Waals surface area contributed by atoms with Crippen molar-refractivity contribution < 1.29 is 9.90 Å². The summed E-state index contributed by atoms with van der Waals surface area (Å²) in [5.41, 5.74) is 6.83. The van der Waals surface area contributed by atoms with Crippen molar-refractivity contribution in [2.75, 3.05) is 49.5 Å². The van der Waals surface area contributed by atoms with E-state index in [2.05, 4.69) is 52.2 Å². The number of carbonyl (C=O) groups is 1. The van der Waals surface area contributed by atoms with Crippen molar-refractivity contribution in [2.45, 2.75) is 64.8 Å². The zero-order valence-corrected chi connectivity index (χ0v) is 28.8. The van der Waals surface area contributed by atoms with Crippen molar-refractivity contribution in [2.24, 2.45) is 13.0 Å². The molecular weight excluding hydrogens is 609 g/mol. The van der Waals surface area contributed by atoms with E-state index >= 15 is 0 Å². The Bertz CT molecular complexity index is 1780. The predicted octanol–water partition coefficient (Wildman–Crippen LogP) is 5.23. The van der Waals surface area contributed by atoms with Crippen molar-refractivity contribution in [3.63, 3.8) is 0 Å². The van der Waals surface area contributed by atoms with Crippen molar-refractivity contribution in [1.82, 2.24) is 19.4 Å². The molecule has 3 aromatic heterocycles. The number of aliphatic hydroxyl groups excluding tert-OH is 1. The normalized spacial score (nSPS) is 21.8. The Hall–Kier alpha value is -3.73. The van der Waals surface area contributed by atoms with Crippen LogP contribution < -0.4 is 15.8 Å². The number of rotatable bonds is 7. The Kier molecular flexibility index (Phi) is 8.84. The first-order chi connectivity index (χ1) is 22.7. The highest BCUT2D eigenvalue weighted by Gasteiger charge is 2.38. The van der Waals surface area contributed by atoms with Gasteiger partial charge >= 0.3 is 0 Å². The summed E-state index contributed by atoms with van der Waals surface area (Å²) in [6.07, 6.45) is 13.3. The molecule has 9 nitrogen and oxygen atoms in total. The second-order valence-corrected chi connectivity index (χ2v) is 14.9. The van der Waals surface area contributed by atoms with Gasteiger partial charge in [-0.05, 0) is 93.8 Å². The van der Waals surface area contributed by atoms with Gasteiger partial charge in [0.05, 0.1) is 23.4 Å². The number of aromatic nitrogens is 2. The number of nitrogens with zero attached hydrogens (tertiary/aromatic N) is 5. The standard InChI is InChI=1S/C37H46N6O3S/c1-23(2)41-13-15-42(16-14-41)26-9-10-34(38-20-26)39-31-19-25(21-40(4)36(31)45)29-17-24(3)18-32(30(29)22-44)43-12-11-28-27-7-5-6-8-33(27)47-35(28)37(43)46/h9-10,17-21,23,29-30,44H,5-8,11-16,22H2,1-4H3,(H,38,39). The molecule has 0 radical (unpaired) electrons. The maximum atomic E-state index is 14.0. The molecule has 0 bridgehead atoms. The maximum Gasteiger partial charge on any atom is 0.274 e. The summed E-state index contributed by atoms with van der Waals surface area (Å²) < 4.78 is 1.59. The SMILES string of the molecule is CC1=CC(c2cc(Nc3ccc(N4CCN(C(C)C)CC4)cn3)c(=O)n(C)c2)C(CO)C(N2CCc3c(sc4c3CCCC4)C2=O)=C1. The van der Waals surface area contributed by atoms with Gasteiger partial charge in [-0.15, -0.1) is 11.3 Å². The second kappa shape index (κ2) is 13.1. The molecule has 2 N–H and O–H groups in total. The average molecular weight is 655 g/mol. The van der Waals surface area contributed by atoms with Crippen LogP contribution in [0.5, 0.6) is 0 Å². The van der Waals surface area contributed by atoms with Crippen LogP contribution in [0.3, 0.4) is 0 Å². The number of hydrogen-bond acceptors (Lipinski definition) is 8. The minimum absolute atomic E-state index is 0.0583. The number of hydrogen-bond donors (Lipinski definition) is 2. The molecule has 1 amide bonds. The lowest BCUT2D eigenvalue weighted by Crippen LogP contribution is -2.48. The van der Waals surface area contributed by atoms with Gasteiger partial charge in [-0.3, -0.25) is 14.5 Å². The van der Waals surface area contributed by atoms with Gasteiger partial charge in [-0.1, -0.05) is 11.6 Å². The van der Waals surface area contributed by atoms with E-state index in [0.29, 0.717) is 24.1 Å². The fraction of sp³-hybridized carbons (Fsp3) is 0.486. The van der Waals surface area contributed by atoms with Crippen LogP contribution in [0.1, 0.15) is 70.8 Å². The topological polar surface area (TPSA) is 93.9 Å². The van der Waals surface area contributed by atoms with E-state index in [-0.39, 0.29) is 29.9 Å². The van der Waals surface area contributed by atoms with Crippen molar-refractivity contribution in [3.8, 4) is 0 Å². The van der Waals surface area contributed by atoms with Crippen LogP contribution in [-0.2, 0) is 26.3 Å². The number of thiophene rings is 1. The van der Waals surface area contributed by atoms with Gasteiger partial charge in [0.15, 0.2) is 0 Å². The monoisotopic (exact) mass is 654 g/mol. The lowest BCUT2D eigenvalue weighted by molar-refractivity contribution is 0.0762. The number of nitrogens with one attached hydrogen (secondary N) is 1. The number of amides is 1. The van der Waals surface area contributed by atoms with E-state index in [1.165, 1.54) is 28.8 Å². The molecule has 0 saturated carbocycles. The molecule has 2 unspecified atom stereocenters. The Morgan fingerprint density at radius 2 is 1.83 bits per heavy atom. The largest absolute Gasteiger partial charge is 0.396 e. The number of anilines is 3. The van der Waals surface area contributed by atoms with Gasteiger partial charge in [-0.25, -0.2) is 4.98 Å².